The van der Waals surface area contributed by atoms with Gasteiger partial charge in [0.1, 0.15) is 0 Å². The highest BCUT2D eigenvalue weighted by Crippen LogP contribution is 2.17. The van der Waals surface area contributed by atoms with Gasteiger partial charge >= 0.3 is 12.1 Å². The first-order chi connectivity index (χ1) is 7.07. The number of aliphatic carboxylic acids is 1. The molecule has 0 aliphatic carbocycles. The van der Waals surface area contributed by atoms with Crippen LogP contribution in [0, 0.1) is 0 Å². The van der Waals surface area contributed by atoms with Crippen LogP contribution >= 0.6 is 0 Å². The third-order valence-corrected chi connectivity index (χ3v) is 2.26. The van der Waals surface area contributed by atoms with E-state index in [1.807, 2.05) is 0 Å². The van der Waals surface area contributed by atoms with Crippen molar-refractivity contribution in [2.75, 3.05) is 13.2 Å². The van der Waals surface area contributed by atoms with Crippen molar-refractivity contribution in [3.63, 3.8) is 0 Å². The molecule has 2 atom stereocenters. The molecule has 1 aliphatic heterocycles. The molecule has 6 heteroatoms. The van der Waals surface area contributed by atoms with Gasteiger partial charge in [0.15, 0.2) is 6.04 Å². The number of morpholine rings is 1. The molecule has 2 unspecified atom stereocenters. The lowest BCUT2D eigenvalue weighted by molar-refractivity contribution is -0.151. The van der Waals surface area contributed by atoms with Gasteiger partial charge in [-0.1, -0.05) is 6.08 Å². The molecule has 1 fully saturated rings. The maximum absolute atomic E-state index is 10.9. The Balaban J connectivity index is 2.84. The van der Waals surface area contributed by atoms with Crippen LogP contribution in [0.2, 0.25) is 0 Å². The molecule has 0 saturated carbocycles. The first kappa shape index (κ1) is 11.5. The maximum Gasteiger partial charge on any atom is 0.408 e. The molecule has 0 aromatic rings. The number of carboxylic acid groups (broad SMARTS) is 2. The average molecular weight is 215 g/mol. The van der Waals surface area contributed by atoms with Crippen molar-refractivity contribution >= 4 is 12.1 Å². The third-order valence-electron chi connectivity index (χ3n) is 2.26. The number of ether oxygens (including phenoxy) is 1. The van der Waals surface area contributed by atoms with Gasteiger partial charge < -0.3 is 14.9 Å². The SMILES string of the molecule is C=CCC1COCC(C(=O)O)N1C(=O)O. The zero-order valence-corrected chi connectivity index (χ0v) is 8.13. The maximum atomic E-state index is 10.9. The lowest BCUT2D eigenvalue weighted by Crippen LogP contribution is -2.57. The molecule has 6 nitrogen and oxygen atoms in total. The van der Waals surface area contributed by atoms with E-state index in [0.29, 0.717) is 6.42 Å². The number of carboxylic acids is 1. The van der Waals surface area contributed by atoms with Gasteiger partial charge in [-0.2, -0.15) is 0 Å². The van der Waals surface area contributed by atoms with Crippen molar-refractivity contribution in [3.05, 3.63) is 12.7 Å². The summed E-state index contributed by atoms with van der Waals surface area (Å²) in [6.45, 7) is 3.60. The van der Waals surface area contributed by atoms with Crippen LogP contribution in [0.1, 0.15) is 6.42 Å². The zero-order chi connectivity index (χ0) is 11.4. The lowest BCUT2D eigenvalue weighted by atomic mass is 10.1. The van der Waals surface area contributed by atoms with Crippen molar-refractivity contribution in [1.29, 1.82) is 0 Å². The molecule has 0 radical (unpaired) electrons. The lowest BCUT2D eigenvalue weighted by Gasteiger charge is -2.37. The molecule has 1 rings (SSSR count). The van der Waals surface area contributed by atoms with Gasteiger partial charge in [-0.15, -0.1) is 6.58 Å². The molecule has 1 saturated heterocycles. The Morgan fingerprint density at radius 1 is 1.47 bits per heavy atom. The Labute approximate surface area is 86.7 Å². The zero-order valence-electron chi connectivity index (χ0n) is 8.13. The Hall–Kier alpha value is -1.56. The summed E-state index contributed by atoms with van der Waals surface area (Å²) in [5, 5.41) is 17.8. The molecule has 1 amide bonds. The van der Waals surface area contributed by atoms with E-state index in [1.54, 1.807) is 6.08 Å². The molecule has 1 heterocycles. The largest absolute Gasteiger partial charge is 0.480 e. The van der Waals surface area contributed by atoms with Crippen molar-refractivity contribution in [2.24, 2.45) is 0 Å². The summed E-state index contributed by atoms with van der Waals surface area (Å²) in [6.07, 6.45) is 0.696. The van der Waals surface area contributed by atoms with Gasteiger partial charge in [0.2, 0.25) is 0 Å². The third kappa shape index (κ3) is 2.47. The van der Waals surface area contributed by atoms with Crippen LogP contribution in [0.25, 0.3) is 0 Å². The van der Waals surface area contributed by atoms with Crippen LogP contribution in [0.4, 0.5) is 4.79 Å². The Bertz CT molecular complexity index is 278. The Morgan fingerprint density at radius 2 is 2.13 bits per heavy atom. The minimum absolute atomic E-state index is 0.102. The second-order valence-electron chi connectivity index (χ2n) is 3.26. The fraction of sp³-hybridized carbons (Fsp3) is 0.556. The smallest absolute Gasteiger partial charge is 0.408 e. The molecule has 2 N–H and O–H groups in total. The number of nitrogens with zero attached hydrogens (tertiary/aromatic N) is 1. The Morgan fingerprint density at radius 3 is 2.60 bits per heavy atom. The summed E-state index contributed by atoms with van der Waals surface area (Å²) in [5.74, 6) is -1.19. The molecule has 1 aliphatic rings. The second-order valence-corrected chi connectivity index (χ2v) is 3.26. The van der Waals surface area contributed by atoms with E-state index < -0.39 is 24.1 Å². The summed E-state index contributed by atoms with van der Waals surface area (Å²) >= 11 is 0. The molecule has 0 spiro atoms. The first-order valence-electron chi connectivity index (χ1n) is 4.50. The predicted molar refractivity (Wildman–Crippen MR) is 50.7 cm³/mol. The number of carbonyl (C=O) groups is 2. The van der Waals surface area contributed by atoms with E-state index in [0.717, 1.165) is 4.90 Å². The van der Waals surface area contributed by atoms with Crippen molar-refractivity contribution in [2.45, 2.75) is 18.5 Å². The predicted octanol–water partition coefficient (Wildman–Crippen LogP) is 0.394. The minimum atomic E-state index is -1.24. The van der Waals surface area contributed by atoms with Gasteiger partial charge in [0.25, 0.3) is 0 Å². The van der Waals surface area contributed by atoms with Crippen LogP contribution in [-0.4, -0.2) is 52.5 Å². The highest BCUT2D eigenvalue weighted by atomic mass is 16.5. The van der Waals surface area contributed by atoms with E-state index in [-0.39, 0.29) is 13.2 Å². The Kier molecular flexibility index (Phi) is 3.68. The van der Waals surface area contributed by atoms with E-state index in [4.69, 9.17) is 14.9 Å². The summed E-state index contributed by atoms with van der Waals surface area (Å²) in [7, 11) is 0. The molecule has 15 heavy (non-hydrogen) atoms. The van der Waals surface area contributed by atoms with E-state index in [9.17, 15) is 9.59 Å². The highest BCUT2D eigenvalue weighted by molar-refractivity contribution is 5.79. The quantitative estimate of drug-likeness (QED) is 0.665. The number of rotatable bonds is 3. The summed E-state index contributed by atoms with van der Waals surface area (Å²) in [4.78, 5) is 22.7. The van der Waals surface area contributed by atoms with Crippen LogP contribution in [0.15, 0.2) is 12.7 Å². The number of hydrogen-bond acceptors (Lipinski definition) is 3. The van der Waals surface area contributed by atoms with Crippen LogP contribution in [0.5, 0.6) is 0 Å². The second kappa shape index (κ2) is 4.79. The molecule has 0 aromatic carbocycles. The first-order valence-corrected chi connectivity index (χ1v) is 4.50. The monoisotopic (exact) mass is 215 g/mol. The number of hydrogen-bond donors (Lipinski definition) is 2. The minimum Gasteiger partial charge on any atom is -0.480 e. The van der Waals surface area contributed by atoms with Gasteiger partial charge in [-0.3, -0.25) is 4.90 Å². The van der Waals surface area contributed by atoms with Crippen molar-refractivity contribution in [3.8, 4) is 0 Å². The molecular formula is C9H13NO5. The molecule has 0 aromatic heterocycles. The fourth-order valence-electron chi connectivity index (χ4n) is 1.58. The van der Waals surface area contributed by atoms with E-state index in [1.165, 1.54) is 0 Å². The van der Waals surface area contributed by atoms with Gasteiger partial charge in [-0.25, -0.2) is 9.59 Å². The van der Waals surface area contributed by atoms with Crippen LogP contribution < -0.4 is 0 Å². The fourth-order valence-corrected chi connectivity index (χ4v) is 1.58. The van der Waals surface area contributed by atoms with Gasteiger partial charge in [0.05, 0.1) is 19.3 Å². The molecule has 84 valence electrons. The van der Waals surface area contributed by atoms with E-state index >= 15 is 0 Å². The summed E-state index contributed by atoms with van der Waals surface area (Å²) in [5.41, 5.74) is 0. The van der Waals surface area contributed by atoms with E-state index in [2.05, 4.69) is 6.58 Å². The standard InChI is InChI=1S/C9H13NO5/c1-2-3-6-4-15-5-7(8(11)12)10(6)9(13)14/h2,6-7H,1,3-5H2,(H,11,12)(H,13,14). The van der Waals surface area contributed by atoms with Crippen LogP contribution in [0.3, 0.4) is 0 Å². The molecular weight excluding hydrogens is 202 g/mol. The van der Waals surface area contributed by atoms with Crippen LogP contribution in [-0.2, 0) is 9.53 Å². The normalized spacial score (nSPS) is 26.0. The number of amides is 1. The van der Waals surface area contributed by atoms with Crippen molar-refractivity contribution < 1.29 is 24.5 Å². The highest BCUT2D eigenvalue weighted by Gasteiger charge is 2.38. The van der Waals surface area contributed by atoms with Crippen molar-refractivity contribution in [1.82, 2.24) is 4.90 Å². The molecule has 0 bridgehead atoms. The van der Waals surface area contributed by atoms with Gasteiger partial charge in [-0.05, 0) is 6.42 Å². The topological polar surface area (TPSA) is 87.1 Å². The summed E-state index contributed by atoms with van der Waals surface area (Å²) in [6, 6.07) is -1.59. The summed E-state index contributed by atoms with van der Waals surface area (Å²) < 4.78 is 5.06. The average Bonchev–Trinajstić information content (AvgIpc) is 2.17. The van der Waals surface area contributed by atoms with Gasteiger partial charge in [0, 0.05) is 0 Å².